The Hall–Kier alpha value is -2.89. The molecule has 1 aliphatic rings. The molecule has 5 heteroatoms. The lowest BCUT2D eigenvalue weighted by Crippen LogP contribution is -1.92. The molecule has 132 valence electrons. The van der Waals surface area contributed by atoms with Crippen molar-refractivity contribution >= 4 is 28.4 Å². The van der Waals surface area contributed by atoms with E-state index in [9.17, 15) is 0 Å². The van der Waals surface area contributed by atoms with E-state index in [1.54, 1.807) is 22.7 Å². The smallest absolute Gasteiger partial charge is 0.231 e. The molecule has 0 saturated heterocycles. The molecular formula is C22H15NO2S2. The van der Waals surface area contributed by atoms with Crippen molar-refractivity contribution in [1.82, 2.24) is 0 Å². The molecule has 0 unspecified atom stereocenters. The molecule has 0 spiro atoms. The lowest BCUT2D eigenvalue weighted by Gasteiger charge is -2.02. The Morgan fingerprint density at radius 1 is 0.667 bits per heavy atom. The van der Waals surface area contributed by atoms with Gasteiger partial charge in [0.15, 0.2) is 15.5 Å². The predicted octanol–water partition coefficient (Wildman–Crippen LogP) is 6.10. The molecule has 1 aliphatic heterocycles. The van der Waals surface area contributed by atoms with E-state index >= 15 is 0 Å². The van der Waals surface area contributed by atoms with Crippen LogP contribution in [0.5, 0.6) is 11.5 Å². The molecule has 27 heavy (non-hydrogen) atoms. The summed E-state index contributed by atoms with van der Waals surface area (Å²) in [6.45, 7) is 0.275. The second kappa shape index (κ2) is 7.02. The minimum Gasteiger partial charge on any atom is -0.454 e. The highest BCUT2D eigenvalue weighted by atomic mass is 32.2. The van der Waals surface area contributed by atoms with Gasteiger partial charge >= 0.3 is 0 Å². The maximum absolute atomic E-state index is 5.47. The van der Waals surface area contributed by atoms with Crippen molar-refractivity contribution < 1.29 is 9.47 Å². The molecule has 0 bridgehead atoms. The highest BCUT2D eigenvalue weighted by Crippen LogP contribution is 2.38. The molecule has 0 saturated carbocycles. The van der Waals surface area contributed by atoms with Gasteiger partial charge < -0.3 is 9.47 Å². The first-order chi connectivity index (χ1) is 13.4. The molecule has 1 aromatic heterocycles. The Labute approximate surface area is 164 Å². The van der Waals surface area contributed by atoms with E-state index in [2.05, 4.69) is 48.5 Å². The topological polar surface area (TPSA) is 30.8 Å². The summed E-state index contributed by atoms with van der Waals surface area (Å²) in [5.41, 5.74) is 3.30. The number of nitrogens with zero attached hydrogens (tertiary/aromatic N) is 1. The zero-order valence-electron chi connectivity index (χ0n) is 14.3. The molecule has 0 amide bonds. The van der Waals surface area contributed by atoms with Crippen LogP contribution < -0.4 is 13.5 Å². The largest absolute Gasteiger partial charge is 0.454 e. The Bertz CT molecular complexity index is 1090. The maximum Gasteiger partial charge on any atom is 0.231 e. The highest BCUT2D eigenvalue weighted by Gasteiger charge is 2.14. The van der Waals surface area contributed by atoms with Gasteiger partial charge in [-0.25, -0.2) is 4.99 Å². The molecular weight excluding hydrogens is 374 g/mol. The number of ether oxygens (including phenoxy) is 2. The Kier molecular flexibility index (Phi) is 4.24. The molecule has 4 aromatic rings. The SMILES string of the molecule is c1ccc(-c2sc(=Nc3ccc4c(c3)OCO4)sc2-c2ccccc2)cc1. The van der Waals surface area contributed by atoms with Gasteiger partial charge in [0.25, 0.3) is 0 Å². The van der Waals surface area contributed by atoms with E-state index in [0.29, 0.717) is 0 Å². The normalized spacial score (nSPS) is 12.1. The zero-order chi connectivity index (χ0) is 18.1. The molecule has 0 fully saturated rings. The second-order valence-electron chi connectivity index (χ2n) is 6.01. The van der Waals surface area contributed by atoms with Crippen LogP contribution >= 0.6 is 22.7 Å². The molecule has 0 radical (unpaired) electrons. The molecule has 0 atom stereocenters. The van der Waals surface area contributed by atoms with E-state index in [1.165, 1.54) is 20.9 Å². The van der Waals surface area contributed by atoms with Crippen LogP contribution in [-0.4, -0.2) is 6.79 Å². The first-order valence-corrected chi connectivity index (χ1v) is 10.2. The number of hydrogen-bond donors (Lipinski definition) is 0. The van der Waals surface area contributed by atoms with Crippen LogP contribution in [0.15, 0.2) is 83.9 Å². The third-order valence-corrected chi connectivity index (χ3v) is 6.68. The van der Waals surface area contributed by atoms with Gasteiger partial charge in [0.2, 0.25) is 6.79 Å². The third-order valence-electron chi connectivity index (χ3n) is 4.23. The first-order valence-electron chi connectivity index (χ1n) is 8.56. The van der Waals surface area contributed by atoms with Crippen molar-refractivity contribution in [2.24, 2.45) is 4.99 Å². The van der Waals surface area contributed by atoms with Crippen LogP contribution in [-0.2, 0) is 0 Å². The Balaban J connectivity index is 1.65. The molecule has 3 aromatic carbocycles. The van der Waals surface area contributed by atoms with Crippen LogP contribution in [0.3, 0.4) is 0 Å². The summed E-state index contributed by atoms with van der Waals surface area (Å²) in [5.74, 6) is 1.53. The van der Waals surface area contributed by atoms with Crippen LogP contribution in [0.4, 0.5) is 5.69 Å². The van der Waals surface area contributed by atoms with E-state index in [0.717, 1.165) is 21.2 Å². The average molecular weight is 390 g/mol. The van der Waals surface area contributed by atoms with Gasteiger partial charge in [0.05, 0.1) is 15.4 Å². The van der Waals surface area contributed by atoms with Crippen LogP contribution in [0.1, 0.15) is 0 Å². The van der Waals surface area contributed by atoms with Crippen molar-refractivity contribution in [1.29, 1.82) is 0 Å². The summed E-state index contributed by atoms with van der Waals surface area (Å²) in [5, 5.41) is 0. The monoisotopic (exact) mass is 389 g/mol. The summed E-state index contributed by atoms with van der Waals surface area (Å²) in [4.78, 5) is 7.34. The van der Waals surface area contributed by atoms with Gasteiger partial charge in [-0.05, 0) is 23.3 Å². The van der Waals surface area contributed by atoms with Crippen molar-refractivity contribution in [3.63, 3.8) is 0 Å². The summed E-state index contributed by atoms with van der Waals surface area (Å²) in [7, 11) is 0. The molecule has 5 rings (SSSR count). The fourth-order valence-electron chi connectivity index (χ4n) is 2.95. The fraction of sp³-hybridized carbons (Fsp3) is 0.0455. The minimum atomic E-state index is 0.275. The van der Waals surface area contributed by atoms with Crippen molar-refractivity contribution in [2.45, 2.75) is 0 Å². The fourth-order valence-corrected chi connectivity index (χ4v) is 5.45. The summed E-state index contributed by atoms with van der Waals surface area (Å²) in [6, 6.07) is 26.8. The lowest BCUT2D eigenvalue weighted by molar-refractivity contribution is 0.174. The first kappa shape index (κ1) is 16.3. The van der Waals surface area contributed by atoms with E-state index in [-0.39, 0.29) is 6.79 Å². The summed E-state index contributed by atoms with van der Waals surface area (Å²) < 4.78 is 11.9. The summed E-state index contributed by atoms with van der Waals surface area (Å²) in [6.07, 6.45) is 0. The Morgan fingerprint density at radius 2 is 1.26 bits per heavy atom. The van der Waals surface area contributed by atoms with E-state index in [1.807, 2.05) is 30.3 Å². The third kappa shape index (κ3) is 3.27. The molecule has 0 N–H and O–H groups in total. The van der Waals surface area contributed by atoms with Gasteiger partial charge in [0.1, 0.15) is 0 Å². The van der Waals surface area contributed by atoms with Crippen molar-refractivity contribution in [3.8, 4) is 32.4 Å². The van der Waals surface area contributed by atoms with Crippen LogP contribution in [0.2, 0.25) is 0 Å². The number of rotatable bonds is 3. The molecule has 3 nitrogen and oxygen atoms in total. The minimum absolute atomic E-state index is 0.275. The second-order valence-corrected chi connectivity index (χ2v) is 8.27. The highest BCUT2D eigenvalue weighted by molar-refractivity contribution is 7.32. The predicted molar refractivity (Wildman–Crippen MR) is 111 cm³/mol. The van der Waals surface area contributed by atoms with Crippen LogP contribution in [0.25, 0.3) is 20.9 Å². The number of benzene rings is 3. The Morgan fingerprint density at radius 3 is 1.89 bits per heavy atom. The van der Waals surface area contributed by atoms with Gasteiger partial charge in [-0.1, -0.05) is 60.7 Å². The number of hydrogen-bond acceptors (Lipinski definition) is 5. The summed E-state index contributed by atoms with van der Waals surface area (Å²) >= 11 is 3.43. The molecule has 2 heterocycles. The van der Waals surface area contributed by atoms with Crippen molar-refractivity contribution in [3.05, 3.63) is 82.8 Å². The molecule has 0 aliphatic carbocycles. The quantitative estimate of drug-likeness (QED) is 0.423. The van der Waals surface area contributed by atoms with E-state index in [4.69, 9.17) is 14.5 Å². The lowest BCUT2D eigenvalue weighted by atomic mass is 10.1. The zero-order valence-corrected chi connectivity index (χ0v) is 15.9. The van der Waals surface area contributed by atoms with E-state index < -0.39 is 0 Å². The maximum atomic E-state index is 5.47. The van der Waals surface area contributed by atoms with Gasteiger partial charge in [-0.3, -0.25) is 0 Å². The standard InChI is InChI=1S/C22H15NO2S2/c1-3-7-15(8-4-1)20-21(16-9-5-2-6-10-16)27-22(26-20)23-17-11-12-18-19(13-17)25-14-24-18/h1-13H,14H2. The van der Waals surface area contributed by atoms with Gasteiger partial charge in [-0.15, -0.1) is 22.7 Å². The van der Waals surface area contributed by atoms with Gasteiger partial charge in [0, 0.05) is 6.07 Å². The number of fused-ring (bicyclic) bond motifs is 1. The van der Waals surface area contributed by atoms with Crippen LogP contribution in [0, 0.1) is 0 Å². The van der Waals surface area contributed by atoms with Gasteiger partial charge in [-0.2, -0.15) is 0 Å². The average Bonchev–Trinajstić information content (AvgIpc) is 3.36. The van der Waals surface area contributed by atoms with Crippen molar-refractivity contribution in [2.75, 3.05) is 6.79 Å².